The third kappa shape index (κ3) is 4.62. The second kappa shape index (κ2) is 9.27. The van der Waals surface area contributed by atoms with Gasteiger partial charge in [-0.1, -0.05) is 0 Å². The van der Waals surface area contributed by atoms with E-state index in [0.717, 1.165) is 5.56 Å². The minimum absolute atomic E-state index is 0.167. The summed E-state index contributed by atoms with van der Waals surface area (Å²) in [5.41, 5.74) is 0.746. The van der Waals surface area contributed by atoms with E-state index >= 15 is 0 Å². The fourth-order valence-corrected chi connectivity index (χ4v) is 5.01. The molecule has 0 atom stereocenters. The third-order valence-corrected chi connectivity index (χ3v) is 7.26. The van der Waals surface area contributed by atoms with Gasteiger partial charge >= 0.3 is 0 Å². The van der Waals surface area contributed by atoms with Gasteiger partial charge in [-0.25, -0.2) is 17.8 Å². The normalized spacial score (nSPS) is 15.6. The highest BCUT2D eigenvalue weighted by Gasteiger charge is 2.29. The Morgan fingerprint density at radius 1 is 1.00 bits per heavy atom. The van der Waals surface area contributed by atoms with E-state index in [1.807, 2.05) is 0 Å². The first-order valence-electron chi connectivity index (χ1n) is 10.1. The first-order valence-corrected chi connectivity index (χ1v) is 11.5. The number of halogens is 1. The Kier molecular flexibility index (Phi) is 6.45. The minimum atomic E-state index is -3.65. The molecular weight excluding hydrogens is 437 g/mol. The van der Waals surface area contributed by atoms with Gasteiger partial charge in [-0.2, -0.15) is 4.31 Å². The van der Waals surface area contributed by atoms with Gasteiger partial charge in [0.2, 0.25) is 15.9 Å². The van der Waals surface area contributed by atoms with Gasteiger partial charge in [-0.05, 0) is 36.4 Å². The Balaban J connectivity index is 1.38. The van der Waals surface area contributed by atoms with Crippen LogP contribution in [0.1, 0.15) is 5.89 Å². The number of rotatable bonds is 7. The molecule has 0 amide bonds. The Labute approximate surface area is 186 Å². The topological polar surface area (TPSA) is 85.1 Å². The zero-order valence-corrected chi connectivity index (χ0v) is 18.6. The number of hydrogen-bond donors (Lipinski definition) is 0. The average molecular weight is 462 g/mol. The number of hydrogen-bond acceptors (Lipinski definition) is 7. The molecule has 0 spiro atoms. The molecule has 1 aliphatic rings. The maximum Gasteiger partial charge on any atom is 0.243 e. The van der Waals surface area contributed by atoms with Crippen molar-refractivity contribution in [2.75, 3.05) is 40.4 Å². The zero-order valence-electron chi connectivity index (χ0n) is 17.8. The van der Waals surface area contributed by atoms with Gasteiger partial charge < -0.3 is 13.9 Å². The lowest BCUT2D eigenvalue weighted by Gasteiger charge is -2.33. The molecule has 3 aromatic rings. The van der Waals surface area contributed by atoms with E-state index in [9.17, 15) is 12.8 Å². The van der Waals surface area contributed by atoms with Crippen molar-refractivity contribution in [3.05, 3.63) is 60.4 Å². The molecule has 0 unspecified atom stereocenters. The summed E-state index contributed by atoms with van der Waals surface area (Å²) in [4.78, 5) is 6.55. The Bertz CT molecular complexity index is 1170. The maximum absolute atomic E-state index is 13.1. The number of sulfonamides is 1. The van der Waals surface area contributed by atoms with Gasteiger partial charge in [-0.15, -0.1) is 0 Å². The van der Waals surface area contributed by atoms with E-state index in [1.165, 1.54) is 42.8 Å². The van der Waals surface area contributed by atoms with Gasteiger partial charge in [0, 0.05) is 37.8 Å². The van der Waals surface area contributed by atoms with Gasteiger partial charge in [0.05, 0.1) is 31.9 Å². The number of piperazine rings is 1. The Morgan fingerprint density at radius 3 is 2.34 bits per heavy atom. The summed E-state index contributed by atoms with van der Waals surface area (Å²) < 4.78 is 56.9. The fraction of sp³-hybridized carbons (Fsp3) is 0.318. The fourth-order valence-electron chi connectivity index (χ4n) is 3.58. The summed E-state index contributed by atoms with van der Waals surface area (Å²) >= 11 is 0. The van der Waals surface area contributed by atoms with Gasteiger partial charge in [0.15, 0.2) is 17.3 Å². The molecule has 1 aliphatic heterocycles. The molecule has 2 heterocycles. The molecule has 1 fully saturated rings. The number of oxazole rings is 1. The molecule has 0 aliphatic carbocycles. The average Bonchev–Trinajstić information content (AvgIpc) is 3.27. The Hall–Kier alpha value is -2.95. The summed E-state index contributed by atoms with van der Waals surface area (Å²) in [7, 11) is -0.679. The molecule has 170 valence electrons. The second-order valence-corrected chi connectivity index (χ2v) is 9.26. The van der Waals surface area contributed by atoms with Crippen molar-refractivity contribution in [3.63, 3.8) is 0 Å². The predicted molar refractivity (Wildman–Crippen MR) is 115 cm³/mol. The van der Waals surface area contributed by atoms with Crippen LogP contribution in [0.15, 0.2) is 58.0 Å². The third-order valence-electron chi connectivity index (χ3n) is 5.37. The van der Waals surface area contributed by atoms with E-state index in [4.69, 9.17) is 13.9 Å². The zero-order chi connectivity index (χ0) is 22.7. The van der Waals surface area contributed by atoms with E-state index in [-0.39, 0.29) is 10.7 Å². The molecule has 1 aromatic heterocycles. The van der Waals surface area contributed by atoms with Gasteiger partial charge in [0.1, 0.15) is 5.82 Å². The minimum Gasteiger partial charge on any atom is -0.493 e. The Morgan fingerprint density at radius 2 is 1.69 bits per heavy atom. The molecule has 32 heavy (non-hydrogen) atoms. The molecule has 2 aromatic carbocycles. The number of nitrogens with zero attached hydrogens (tertiary/aromatic N) is 3. The van der Waals surface area contributed by atoms with Crippen molar-refractivity contribution < 1.29 is 26.7 Å². The van der Waals surface area contributed by atoms with Crippen LogP contribution in [0.25, 0.3) is 11.3 Å². The van der Waals surface area contributed by atoms with Crippen LogP contribution < -0.4 is 9.47 Å². The molecule has 10 heteroatoms. The quantitative estimate of drug-likeness (QED) is 0.535. The van der Waals surface area contributed by atoms with Crippen molar-refractivity contribution in [2.45, 2.75) is 11.4 Å². The van der Waals surface area contributed by atoms with Crippen molar-refractivity contribution in [1.82, 2.24) is 14.2 Å². The van der Waals surface area contributed by atoms with Crippen LogP contribution >= 0.6 is 0 Å². The molecule has 4 rings (SSSR count). The van der Waals surface area contributed by atoms with E-state index in [2.05, 4.69) is 9.88 Å². The first-order chi connectivity index (χ1) is 15.4. The molecule has 0 radical (unpaired) electrons. The van der Waals surface area contributed by atoms with Crippen molar-refractivity contribution in [1.29, 1.82) is 0 Å². The van der Waals surface area contributed by atoms with Gasteiger partial charge in [-0.3, -0.25) is 4.90 Å². The SMILES string of the molecule is COc1ccc(S(=O)(=O)N2CCN(Cc3ncc(-c4ccc(F)cc4)o3)CC2)cc1OC. The number of ether oxygens (including phenoxy) is 2. The van der Waals surface area contributed by atoms with Crippen LogP contribution in [0.2, 0.25) is 0 Å². The molecule has 0 saturated carbocycles. The smallest absolute Gasteiger partial charge is 0.243 e. The monoisotopic (exact) mass is 461 g/mol. The van der Waals surface area contributed by atoms with Gasteiger partial charge in [0.25, 0.3) is 0 Å². The lowest BCUT2D eigenvalue weighted by molar-refractivity contribution is 0.168. The van der Waals surface area contributed by atoms with E-state index < -0.39 is 10.0 Å². The lowest BCUT2D eigenvalue weighted by Crippen LogP contribution is -2.48. The van der Waals surface area contributed by atoms with Crippen LogP contribution in [-0.2, 0) is 16.6 Å². The van der Waals surface area contributed by atoms with Crippen molar-refractivity contribution in [3.8, 4) is 22.8 Å². The van der Waals surface area contributed by atoms with Crippen LogP contribution in [0.3, 0.4) is 0 Å². The number of aromatic nitrogens is 1. The van der Waals surface area contributed by atoms with E-state index in [1.54, 1.807) is 24.4 Å². The van der Waals surface area contributed by atoms with Crippen molar-refractivity contribution >= 4 is 10.0 Å². The molecule has 0 bridgehead atoms. The molecule has 1 saturated heterocycles. The second-order valence-electron chi connectivity index (χ2n) is 7.32. The summed E-state index contributed by atoms with van der Waals surface area (Å²) in [5, 5.41) is 0. The lowest BCUT2D eigenvalue weighted by atomic mass is 10.2. The highest BCUT2D eigenvalue weighted by molar-refractivity contribution is 7.89. The highest BCUT2D eigenvalue weighted by Crippen LogP contribution is 2.31. The molecule has 8 nitrogen and oxygen atoms in total. The predicted octanol–water partition coefficient (Wildman–Crippen LogP) is 3.00. The highest BCUT2D eigenvalue weighted by atomic mass is 32.2. The summed E-state index contributed by atoms with van der Waals surface area (Å²) in [6.45, 7) is 2.25. The van der Waals surface area contributed by atoms with Crippen molar-refractivity contribution in [2.24, 2.45) is 0 Å². The van der Waals surface area contributed by atoms with E-state index in [0.29, 0.717) is 55.9 Å². The van der Waals surface area contributed by atoms with Crippen LogP contribution in [0, 0.1) is 5.82 Å². The largest absolute Gasteiger partial charge is 0.493 e. The maximum atomic E-state index is 13.1. The summed E-state index contributed by atoms with van der Waals surface area (Å²) in [6.07, 6.45) is 1.61. The van der Waals surface area contributed by atoms with Crippen LogP contribution in [0.4, 0.5) is 4.39 Å². The first kappa shape index (κ1) is 22.3. The van der Waals surface area contributed by atoms with Crippen LogP contribution in [0.5, 0.6) is 11.5 Å². The standard InChI is InChI=1S/C22H24FN3O5S/c1-29-19-8-7-18(13-20(19)30-2)32(27,28)26-11-9-25(10-12-26)15-22-24-14-21(31-22)16-3-5-17(23)6-4-16/h3-8,13-14H,9-12,15H2,1-2H3. The summed E-state index contributed by atoms with van der Waals surface area (Å²) in [6, 6.07) is 10.6. The number of methoxy groups -OCH3 is 2. The molecule has 0 N–H and O–H groups in total. The number of benzene rings is 2. The summed E-state index contributed by atoms with van der Waals surface area (Å²) in [5.74, 6) is 1.62. The van der Waals surface area contributed by atoms with Crippen LogP contribution in [-0.4, -0.2) is 63.0 Å². The molecular formula is C22H24FN3O5S.